The second kappa shape index (κ2) is 8.73. The minimum absolute atomic E-state index is 0.0796. The molecule has 1 atom stereocenters. The van der Waals surface area contributed by atoms with Crippen LogP contribution in [0.3, 0.4) is 0 Å². The van der Waals surface area contributed by atoms with Crippen molar-refractivity contribution in [2.24, 2.45) is 0 Å². The third-order valence-electron chi connectivity index (χ3n) is 4.99. The number of nitrogens with zero attached hydrogens (tertiary/aromatic N) is 1. The maximum Gasteiger partial charge on any atom is 0.337 e. The van der Waals surface area contributed by atoms with Gasteiger partial charge in [-0.1, -0.05) is 42.5 Å². The lowest BCUT2D eigenvalue weighted by molar-refractivity contribution is -0.384. The van der Waals surface area contributed by atoms with Crippen molar-refractivity contribution in [3.63, 3.8) is 0 Å². The van der Waals surface area contributed by atoms with Gasteiger partial charge in [0, 0.05) is 35.0 Å². The number of dihydropyridines is 1. The molecule has 30 heavy (non-hydrogen) atoms. The quantitative estimate of drug-likeness (QED) is 0.439. The summed E-state index contributed by atoms with van der Waals surface area (Å²) in [6.45, 7) is 4.97. The van der Waals surface area contributed by atoms with Gasteiger partial charge in [-0.15, -0.1) is 0 Å². The Bertz CT molecular complexity index is 1070. The van der Waals surface area contributed by atoms with Crippen LogP contribution in [0.2, 0.25) is 0 Å². The lowest BCUT2D eigenvalue weighted by Gasteiger charge is -2.30. The summed E-state index contributed by atoms with van der Waals surface area (Å²) in [6, 6.07) is 15.2. The van der Waals surface area contributed by atoms with Crippen molar-refractivity contribution >= 4 is 17.4 Å². The second-order valence-electron chi connectivity index (χ2n) is 7.11. The molecule has 1 aliphatic heterocycles. The van der Waals surface area contributed by atoms with Crippen LogP contribution in [0.4, 0.5) is 5.69 Å². The molecule has 0 saturated carbocycles. The van der Waals surface area contributed by atoms with Gasteiger partial charge in [-0.3, -0.25) is 14.9 Å². The highest BCUT2D eigenvalue weighted by Gasteiger charge is 2.36. The average molecular weight is 406 g/mol. The molecule has 154 valence electrons. The monoisotopic (exact) mass is 406 g/mol. The first-order valence-electron chi connectivity index (χ1n) is 9.44. The van der Waals surface area contributed by atoms with Gasteiger partial charge in [-0.05, 0) is 31.9 Å². The highest BCUT2D eigenvalue weighted by atomic mass is 16.6. The molecule has 0 bridgehead atoms. The predicted molar refractivity (Wildman–Crippen MR) is 111 cm³/mol. The van der Waals surface area contributed by atoms with Crippen molar-refractivity contribution in [2.75, 3.05) is 0 Å². The van der Waals surface area contributed by atoms with Crippen LogP contribution in [0, 0.1) is 10.1 Å². The van der Waals surface area contributed by atoms with E-state index < -0.39 is 16.8 Å². The predicted octanol–water partition coefficient (Wildman–Crippen LogP) is 4.16. The number of hydrogen-bond acceptors (Lipinski definition) is 6. The standard InChI is InChI=1S/C23H22N2O5/c1-14-20(16(3)26)22(18-10-7-11-19(12-18)25(28)29)21(15(2)24-14)23(27)30-13-17-8-5-4-6-9-17/h4-12,22,24H,13H2,1-3H3. The number of allylic oxidation sites excluding steroid dienone is 3. The van der Waals surface area contributed by atoms with Crippen molar-refractivity contribution in [3.8, 4) is 0 Å². The van der Waals surface area contributed by atoms with E-state index in [4.69, 9.17) is 4.74 Å². The molecule has 2 aromatic carbocycles. The molecule has 7 heteroatoms. The van der Waals surface area contributed by atoms with Gasteiger partial charge in [-0.25, -0.2) is 4.79 Å². The van der Waals surface area contributed by atoms with Crippen LogP contribution >= 0.6 is 0 Å². The number of Topliss-reactive ketones (excluding diaryl/α,β-unsaturated/α-hetero) is 1. The summed E-state index contributed by atoms with van der Waals surface area (Å²) in [7, 11) is 0. The van der Waals surface area contributed by atoms with Crippen LogP contribution in [-0.4, -0.2) is 16.7 Å². The molecule has 1 N–H and O–H groups in total. The zero-order valence-corrected chi connectivity index (χ0v) is 17.0. The number of esters is 1. The molecular formula is C23H22N2O5. The molecular weight excluding hydrogens is 384 g/mol. The number of benzene rings is 2. The Morgan fingerprint density at radius 2 is 1.70 bits per heavy atom. The fourth-order valence-corrected chi connectivity index (χ4v) is 3.68. The Morgan fingerprint density at radius 1 is 1.03 bits per heavy atom. The summed E-state index contributed by atoms with van der Waals surface area (Å²) < 4.78 is 5.53. The maximum absolute atomic E-state index is 13.1. The topological polar surface area (TPSA) is 98.5 Å². The third-order valence-corrected chi connectivity index (χ3v) is 4.99. The highest BCUT2D eigenvalue weighted by Crippen LogP contribution is 2.40. The van der Waals surface area contributed by atoms with E-state index in [1.54, 1.807) is 26.0 Å². The summed E-state index contributed by atoms with van der Waals surface area (Å²) in [5, 5.41) is 14.3. The van der Waals surface area contributed by atoms with Gasteiger partial charge in [0.15, 0.2) is 5.78 Å². The molecule has 0 amide bonds. The number of nitro benzene ring substituents is 1. The Morgan fingerprint density at radius 3 is 2.33 bits per heavy atom. The first kappa shape index (κ1) is 21.0. The zero-order chi connectivity index (χ0) is 21.8. The molecule has 1 aliphatic rings. The number of nitrogens with one attached hydrogen (secondary N) is 1. The molecule has 0 aliphatic carbocycles. The molecule has 2 aromatic rings. The molecule has 0 fully saturated rings. The van der Waals surface area contributed by atoms with Crippen LogP contribution in [0.1, 0.15) is 37.8 Å². The van der Waals surface area contributed by atoms with Crippen molar-refractivity contribution < 1.29 is 19.2 Å². The number of ether oxygens (including phenoxy) is 1. The number of nitro groups is 1. The average Bonchev–Trinajstić information content (AvgIpc) is 2.72. The van der Waals surface area contributed by atoms with E-state index in [9.17, 15) is 19.7 Å². The molecule has 1 heterocycles. The fourth-order valence-electron chi connectivity index (χ4n) is 3.68. The number of hydrogen-bond donors (Lipinski definition) is 1. The van der Waals surface area contributed by atoms with E-state index in [0.29, 0.717) is 22.5 Å². The lowest BCUT2D eigenvalue weighted by Crippen LogP contribution is -2.31. The van der Waals surface area contributed by atoms with Crippen LogP contribution in [-0.2, 0) is 20.9 Å². The van der Waals surface area contributed by atoms with E-state index in [-0.39, 0.29) is 23.7 Å². The van der Waals surface area contributed by atoms with Crippen molar-refractivity contribution in [1.82, 2.24) is 5.32 Å². The van der Waals surface area contributed by atoms with Crippen LogP contribution < -0.4 is 5.32 Å². The highest BCUT2D eigenvalue weighted by molar-refractivity contribution is 6.02. The number of carbonyl (C=O) groups excluding carboxylic acids is 2. The summed E-state index contributed by atoms with van der Waals surface area (Å²) in [6.07, 6.45) is 0. The van der Waals surface area contributed by atoms with Crippen LogP contribution in [0.5, 0.6) is 0 Å². The molecule has 0 spiro atoms. The number of ketones is 1. The summed E-state index contributed by atoms with van der Waals surface area (Å²) in [4.78, 5) is 36.3. The van der Waals surface area contributed by atoms with Crippen molar-refractivity contribution in [3.05, 3.63) is 98.4 Å². The molecule has 3 rings (SSSR count). The van der Waals surface area contributed by atoms with Gasteiger partial charge in [0.1, 0.15) is 6.61 Å². The van der Waals surface area contributed by atoms with Gasteiger partial charge in [-0.2, -0.15) is 0 Å². The van der Waals surface area contributed by atoms with Crippen molar-refractivity contribution in [1.29, 1.82) is 0 Å². The summed E-state index contributed by atoms with van der Waals surface area (Å²) in [5.74, 6) is -1.56. The van der Waals surface area contributed by atoms with Gasteiger partial charge in [0.2, 0.25) is 0 Å². The molecule has 0 aromatic heterocycles. The Kier molecular flexibility index (Phi) is 6.11. The van der Waals surface area contributed by atoms with E-state index >= 15 is 0 Å². The molecule has 1 unspecified atom stereocenters. The first-order valence-corrected chi connectivity index (χ1v) is 9.44. The molecule has 0 radical (unpaired) electrons. The zero-order valence-electron chi connectivity index (χ0n) is 17.0. The minimum atomic E-state index is -0.757. The van der Waals surface area contributed by atoms with E-state index in [0.717, 1.165) is 5.56 Å². The van der Waals surface area contributed by atoms with E-state index in [1.807, 2.05) is 30.3 Å². The smallest absolute Gasteiger partial charge is 0.337 e. The second-order valence-corrected chi connectivity index (χ2v) is 7.11. The third kappa shape index (κ3) is 4.30. The largest absolute Gasteiger partial charge is 0.457 e. The Hall–Kier alpha value is -3.74. The first-order chi connectivity index (χ1) is 14.3. The van der Waals surface area contributed by atoms with Crippen LogP contribution in [0.25, 0.3) is 0 Å². The number of carbonyl (C=O) groups is 2. The SMILES string of the molecule is CC(=O)C1=C(C)NC(C)=C(C(=O)OCc2ccccc2)C1c1cccc([N+](=O)[O-])c1. The minimum Gasteiger partial charge on any atom is -0.457 e. The summed E-state index contributed by atoms with van der Waals surface area (Å²) in [5.41, 5.74) is 3.01. The van der Waals surface area contributed by atoms with Crippen LogP contribution in [0.15, 0.2) is 77.1 Å². The van der Waals surface area contributed by atoms with E-state index in [2.05, 4.69) is 5.32 Å². The fraction of sp³-hybridized carbons (Fsp3) is 0.217. The van der Waals surface area contributed by atoms with Gasteiger partial charge >= 0.3 is 5.97 Å². The van der Waals surface area contributed by atoms with Gasteiger partial charge < -0.3 is 10.1 Å². The lowest BCUT2D eigenvalue weighted by atomic mass is 9.79. The summed E-state index contributed by atoms with van der Waals surface area (Å²) >= 11 is 0. The number of rotatable bonds is 6. The Labute approximate surface area is 174 Å². The van der Waals surface area contributed by atoms with Gasteiger partial charge in [0.25, 0.3) is 5.69 Å². The normalized spacial score (nSPS) is 16.2. The number of non-ortho nitro benzene ring substituents is 1. The van der Waals surface area contributed by atoms with Gasteiger partial charge in [0.05, 0.1) is 10.5 Å². The van der Waals surface area contributed by atoms with E-state index in [1.165, 1.54) is 19.1 Å². The molecule has 0 saturated heterocycles. The molecule has 7 nitrogen and oxygen atoms in total. The Balaban J connectivity index is 2.03. The maximum atomic E-state index is 13.1. The van der Waals surface area contributed by atoms with Crippen molar-refractivity contribution in [2.45, 2.75) is 33.3 Å².